The standard InChI is InChI=1S/C13H27NO2S/c1-5-12-6-8-14(9-7-12)13(15)16-10-11-17(2,3)4/h12H,5-11H2,1-4H3. The molecule has 0 N–H and O–H groups in total. The highest BCUT2D eigenvalue weighted by atomic mass is 32.3. The Morgan fingerprint density at radius 1 is 1.29 bits per heavy atom. The van der Waals surface area contributed by atoms with Gasteiger partial charge in [-0.25, -0.2) is 14.8 Å². The number of nitrogens with zero attached hydrogens (tertiary/aromatic N) is 1. The summed E-state index contributed by atoms with van der Waals surface area (Å²) < 4.78 is 5.33. The summed E-state index contributed by atoms with van der Waals surface area (Å²) in [6.07, 6.45) is 10.1. The molecule has 0 radical (unpaired) electrons. The Hall–Kier alpha value is -0.380. The van der Waals surface area contributed by atoms with E-state index in [2.05, 4.69) is 25.7 Å². The van der Waals surface area contributed by atoms with E-state index in [1.807, 2.05) is 4.90 Å². The highest BCUT2D eigenvalue weighted by Gasteiger charge is 2.22. The van der Waals surface area contributed by atoms with Crippen LogP contribution in [0.1, 0.15) is 26.2 Å². The van der Waals surface area contributed by atoms with Crippen molar-refractivity contribution in [3.8, 4) is 0 Å². The lowest BCUT2D eigenvalue weighted by Crippen LogP contribution is -2.39. The van der Waals surface area contributed by atoms with Gasteiger partial charge in [0, 0.05) is 18.8 Å². The van der Waals surface area contributed by atoms with Crippen molar-refractivity contribution in [3.63, 3.8) is 0 Å². The van der Waals surface area contributed by atoms with E-state index < -0.39 is 10.0 Å². The fourth-order valence-electron chi connectivity index (χ4n) is 1.99. The number of rotatable bonds is 4. The smallest absolute Gasteiger partial charge is 0.409 e. The minimum atomic E-state index is -0.559. The van der Waals surface area contributed by atoms with E-state index in [9.17, 15) is 4.79 Å². The quantitative estimate of drug-likeness (QED) is 0.778. The summed E-state index contributed by atoms with van der Waals surface area (Å²) in [4.78, 5) is 13.7. The van der Waals surface area contributed by atoms with Gasteiger partial charge in [0.15, 0.2) is 0 Å². The molecule has 1 saturated heterocycles. The van der Waals surface area contributed by atoms with Crippen molar-refractivity contribution in [1.82, 2.24) is 4.90 Å². The lowest BCUT2D eigenvalue weighted by molar-refractivity contribution is 0.0921. The first-order valence-corrected chi connectivity index (χ1v) is 9.53. The van der Waals surface area contributed by atoms with Gasteiger partial charge in [0.1, 0.15) is 6.61 Å². The Morgan fingerprint density at radius 3 is 2.35 bits per heavy atom. The van der Waals surface area contributed by atoms with Gasteiger partial charge >= 0.3 is 6.09 Å². The van der Waals surface area contributed by atoms with E-state index >= 15 is 0 Å². The number of amides is 1. The van der Waals surface area contributed by atoms with Crippen molar-refractivity contribution in [1.29, 1.82) is 0 Å². The van der Waals surface area contributed by atoms with Gasteiger partial charge in [-0.05, 0) is 37.5 Å². The van der Waals surface area contributed by atoms with E-state index in [0.29, 0.717) is 6.61 Å². The maximum absolute atomic E-state index is 11.8. The third kappa shape index (κ3) is 5.66. The first kappa shape index (κ1) is 14.7. The number of hydrogen-bond acceptors (Lipinski definition) is 2. The summed E-state index contributed by atoms with van der Waals surface area (Å²) in [6, 6.07) is 0. The molecule has 4 heteroatoms. The Balaban J connectivity index is 2.21. The van der Waals surface area contributed by atoms with Crippen LogP contribution in [0, 0.1) is 5.92 Å². The average Bonchev–Trinajstić information content (AvgIpc) is 2.27. The molecule has 1 aliphatic heterocycles. The summed E-state index contributed by atoms with van der Waals surface area (Å²) in [5.74, 6) is 1.81. The SMILES string of the molecule is CCC1CCN(C(=O)OCCS(C)(C)C)CC1. The number of likely N-dealkylation sites (tertiary alicyclic amines) is 1. The molecule has 1 heterocycles. The van der Waals surface area contributed by atoms with Crippen molar-refractivity contribution in [2.45, 2.75) is 26.2 Å². The molecule has 0 bridgehead atoms. The molecule has 17 heavy (non-hydrogen) atoms. The van der Waals surface area contributed by atoms with Crippen molar-refractivity contribution >= 4 is 16.1 Å². The van der Waals surface area contributed by atoms with Crippen LogP contribution >= 0.6 is 10.0 Å². The second-order valence-electron chi connectivity index (χ2n) is 5.75. The van der Waals surface area contributed by atoms with Crippen LogP contribution in [0.4, 0.5) is 4.79 Å². The molecule has 0 saturated carbocycles. The van der Waals surface area contributed by atoms with Gasteiger partial charge in [-0.1, -0.05) is 13.3 Å². The molecule has 0 unspecified atom stereocenters. The predicted octanol–water partition coefficient (Wildman–Crippen LogP) is 2.94. The van der Waals surface area contributed by atoms with Crippen LogP contribution in [0.3, 0.4) is 0 Å². The zero-order chi connectivity index (χ0) is 12.9. The molecule has 0 spiro atoms. The first-order valence-electron chi connectivity index (χ1n) is 6.50. The second kappa shape index (κ2) is 6.53. The summed E-state index contributed by atoms with van der Waals surface area (Å²) in [6.45, 7) is 4.55. The number of hydrogen-bond donors (Lipinski definition) is 0. The largest absolute Gasteiger partial charge is 0.449 e. The summed E-state index contributed by atoms with van der Waals surface area (Å²) in [5.41, 5.74) is 0. The van der Waals surface area contributed by atoms with Crippen LogP contribution in [0.15, 0.2) is 0 Å². The zero-order valence-electron chi connectivity index (χ0n) is 11.7. The molecule has 1 fully saturated rings. The summed E-state index contributed by atoms with van der Waals surface area (Å²) in [7, 11) is -0.559. The lowest BCUT2D eigenvalue weighted by atomic mass is 9.95. The van der Waals surface area contributed by atoms with Gasteiger partial charge < -0.3 is 9.64 Å². The maximum Gasteiger partial charge on any atom is 0.409 e. The Labute approximate surface area is 107 Å². The van der Waals surface area contributed by atoms with Crippen molar-refractivity contribution in [3.05, 3.63) is 0 Å². The maximum atomic E-state index is 11.8. The molecule has 0 aromatic heterocycles. The van der Waals surface area contributed by atoms with Gasteiger partial charge in [-0.2, -0.15) is 0 Å². The van der Waals surface area contributed by atoms with Crippen LogP contribution in [0.2, 0.25) is 0 Å². The third-order valence-corrected chi connectivity index (χ3v) is 4.76. The van der Waals surface area contributed by atoms with E-state index in [-0.39, 0.29) is 6.09 Å². The minimum Gasteiger partial charge on any atom is -0.449 e. The van der Waals surface area contributed by atoms with Crippen molar-refractivity contribution in [2.24, 2.45) is 5.92 Å². The van der Waals surface area contributed by atoms with Gasteiger partial charge in [0.25, 0.3) is 0 Å². The summed E-state index contributed by atoms with van der Waals surface area (Å²) >= 11 is 0. The predicted molar refractivity (Wildman–Crippen MR) is 76.2 cm³/mol. The van der Waals surface area contributed by atoms with E-state index in [1.165, 1.54) is 6.42 Å². The molecular formula is C13H27NO2S. The number of piperidine rings is 1. The fourth-order valence-corrected chi connectivity index (χ4v) is 2.58. The fraction of sp³-hybridized carbons (Fsp3) is 0.923. The van der Waals surface area contributed by atoms with Crippen LogP contribution in [0.5, 0.6) is 0 Å². The molecule has 1 amide bonds. The Kier molecular flexibility index (Phi) is 5.63. The lowest BCUT2D eigenvalue weighted by Gasteiger charge is -2.31. The van der Waals surface area contributed by atoms with E-state index in [4.69, 9.17) is 4.74 Å². The topological polar surface area (TPSA) is 29.5 Å². The van der Waals surface area contributed by atoms with Crippen LogP contribution in [0.25, 0.3) is 0 Å². The third-order valence-electron chi connectivity index (χ3n) is 3.37. The van der Waals surface area contributed by atoms with Crippen molar-refractivity contribution < 1.29 is 9.53 Å². The van der Waals surface area contributed by atoms with Gasteiger partial charge in [-0.3, -0.25) is 0 Å². The highest BCUT2D eigenvalue weighted by Crippen LogP contribution is 2.33. The van der Waals surface area contributed by atoms with Crippen LogP contribution in [-0.4, -0.2) is 55.2 Å². The minimum absolute atomic E-state index is 0.108. The zero-order valence-corrected chi connectivity index (χ0v) is 12.5. The van der Waals surface area contributed by atoms with Gasteiger partial charge in [-0.15, -0.1) is 0 Å². The molecular weight excluding hydrogens is 234 g/mol. The average molecular weight is 261 g/mol. The van der Waals surface area contributed by atoms with Crippen molar-refractivity contribution in [2.75, 3.05) is 44.2 Å². The van der Waals surface area contributed by atoms with E-state index in [0.717, 1.165) is 37.6 Å². The monoisotopic (exact) mass is 261 g/mol. The molecule has 102 valence electrons. The molecule has 0 aromatic rings. The highest BCUT2D eigenvalue weighted by molar-refractivity contribution is 8.32. The van der Waals surface area contributed by atoms with E-state index in [1.54, 1.807) is 0 Å². The molecule has 1 rings (SSSR count). The summed E-state index contributed by atoms with van der Waals surface area (Å²) in [5, 5.41) is 0. The van der Waals surface area contributed by atoms with Crippen LogP contribution < -0.4 is 0 Å². The van der Waals surface area contributed by atoms with Crippen LogP contribution in [-0.2, 0) is 4.74 Å². The molecule has 0 atom stereocenters. The molecule has 1 aliphatic rings. The van der Waals surface area contributed by atoms with Gasteiger partial charge in [0.2, 0.25) is 0 Å². The second-order valence-corrected chi connectivity index (χ2v) is 10.3. The Bertz CT molecular complexity index is 242. The molecule has 3 nitrogen and oxygen atoms in total. The normalized spacial score (nSPS) is 19.2. The molecule has 0 aliphatic carbocycles. The number of carbonyl (C=O) groups is 1. The number of carbonyl (C=O) groups excluding carboxylic acids is 1. The Morgan fingerprint density at radius 2 is 1.88 bits per heavy atom. The first-order chi connectivity index (χ1) is 7.92. The number of ether oxygens (including phenoxy) is 1. The molecule has 0 aromatic carbocycles. The van der Waals surface area contributed by atoms with Gasteiger partial charge in [0.05, 0.1) is 0 Å².